The summed E-state index contributed by atoms with van der Waals surface area (Å²) in [5, 5.41) is 5.61. The Morgan fingerprint density at radius 3 is 2.84 bits per heavy atom. The molecule has 3 heterocycles. The van der Waals surface area contributed by atoms with E-state index in [4.69, 9.17) is 9.97 Å². The van der Waals surface area contributed by atoms with Crippen LogP contribution in [0.4, 0.5) is 0 Å². The van der Waals surface area contributed by atoms with Crippen molar-refractivity contribution in [2.24, 2.45) is 0 Å². The van der Waals surface area contributed by atoms with Crippen LogP contribution in [-0.4, -0.2) is 37.2 Å². The average molecular weight is 335 g/mol. The lowest BCUT2D eigenvalue weighted by atomic mass is 10.0. The number of piperidine rings is 1. The molecule has 0 bridgehead atoms. The van der Waals surface area contributed by atoms with Crippen molar-refractivity contribution in [2.75, 3.05) is 6.54 Å². The van der Waals surface area contributed by atoms with Gasteiger partial charge in [0.05, 0.1) is 24.8 Å². The SMILES string of the molecule is Cc1cnn(C[C@@H]2CCCCN2Cc2nc(C)c3ccccc3n2)c1. The normalized spacial score (nSPS) is 18.7. The monoisotopic (exact) mass is 335 g/mol. The first kappa shape index (κ1) is 16.2. The van der Waals surface area contributed by atoms with Gasteiger partial charge in [-0.1, -0.05) is 24.6 Å². The number of nitrogens with zero attached hydrogens (tertiary/aromatic N) is 5. The van der Waals surface area contributed by atoms with Crippen LogP contribution in [-0.2, 0) is 13.1 Å². The van der Waals surface area contributed by atoms with Gasteiger partial charge in [-0.15, -0.1) is 0 Å². The van der Waals surface area contributed by atoms with Gasteiger partial charge in [-0.05, 0) is 44.9 Å². The zero-order chi connectivity index (χ0) is 17.2. The molecule has 5 heteroatoms. The van der Waals surface area contributed by atoms with E-state index in [1.54, 1.807) is 0 Å². The molecule has 0 saturated carbocycles. The fourth-order valence-electron chi connectivity index (χ4n) is 3.80. The van der Waals surface area contributed by atoms with Gasteiger partial charge in [-0.25, -0.2) is 9.97 Å². The maximum atomic E-state index is 4.80. The van der Waals surface area contributed by atoms with Crippen molar-refractivity contribution in [1.82, 2.24) is 24.6 Å². The Balaban J connectivity index is 1.55. The van der Waals surface area contributed by atoms with Crippen molar-refractivity contribution >= 4 is 10.9 Å². The first-order valence-electron chi connectivity index (χ1n) is 9.14. The quantitative estimate of drug-likeness (QED) is 0.732. The van der Waals surface area contributed by atoms with Crippen molar-refractivity contribution in [3.05, 3.63) is 53.7 Å². The molecule has 130 valence electrons. The minimum atomic E-state index is 0.503. The van der Waals surface area contributed by atoms with Crippen LogP contribution in [0.25, 0.3) is 10.9 Å². The number of likely N-dealkylation sites (tertiary alicyclic amines) is 1. The summed E-state index contributed by atoms with van der Waals surface area (Å²) in [6.07, 6.45) is 7.82. The van der Waals surface area contributed by atoms with E-state index >= 15 is 0 Å². The second-order valence-electron chi connectivity index (χ2n) is 7.10. The van der Waals surface area contributed by atoms with Gasteiger partial charge >= 0.3 is 0 Å². The van der Waals surface area contributed by atoms with Gasteiger partial charge in [0.25, 0.3) is 0 Å². The molecule has 3 aromatic rings. The summed E-state index contributed by atoms with van der Waals surface area (Å²) in [7, 11) is 0. The Morgan fingerprint density at radius 2 is 2.00 bits per heavy atom. The van der Waals surface area contributed by atoms with Gasteiger partial charge in [-0.2, -0.15) is 5.10 Å². The molecule has 0 unspecified atom stereocenters. The molecule has 5 nitrogen and oxygen atoms in total. The van der Waals surface area contributed by atoms with Gasteiger partial charge < -0.3 is 0 Å². The maximum Gasteiger partial charge on any atom is 0.143 e. The topological polar surface area (TPSA) is 46.8 Å². The van der Waals surface area contributed by atoms with Crippen molar-refractivity contribution in [2.45, 2.75) is 52.2 Å². The molecule has 0 spiro atoms. The number of rotatable bonds is 4. The lowest BCUT2D eigenvalue weighted by molar-refractivity contribution is 0.119. The van der Waals surface area contributed by atoms with Crippen LogP contribution < -0.4 is 0 Å². The van der Waals surface area contributed by atoms with E-state index in [0.717, 1.165) is 42.1 Å². The van der Waals surface area contributed by atoms with E-state index < -0.39 is 0 Å². The van der Waals surface area contributed by atoms with E-state index in [9.17, 15) is 0 Å². The predicted molar refractivity (Wildman–Crippen MR) is 99.3 cm³/mol. The summed E-state index contributed by atoms with van der Waals surface area (Å²) in [4.78, 5) is 12.1. The number of aromatic nitrogens is 4. The van der Waals surface area contributed by atoms with E-state index in [-0.39, 0.29) is 0 Å². The zero-order valence-electron chi connectivity index (χ0n) is 15.0. The van der Waals surface area contributed by atoms with Gasteiger partial charge in [0.2, 0.25) is 0 Å². The van der Waals surface area contributed by atoms with E-state index in [1.807, 2.05) is 18.3 Å². The Bertz CT molecular complexity index is 869. The van der Waals surface area contributed by atoms with Gasteiger partial charge in [-0.3, -0.25) is 9.58 Å². The zero-order valence-corrected chi connectivity index (χ0v) is 15.0. The van der Waals surface area contributed by atoms with E-state index in [2.05, 4.69) is 46.9 Å². The minimum absolute atomic E-state index is 0.503. The Labute approximate surface area is 148 Å². The highest BCUT2D eigenvalue weighted by Gasteiger charge is 2.24. The average Bonchev–Trinajstić information content (AvgIpc) is 3.02. The molecule has 25 heavy (non-hydrogen) atoms. The summed E-state index contributed by atoms with van der Waals surface area (Å²) < 4.78 is 2.07. The lowest BCUT2D eigenvalue weighted by Crippen LogP contribution is -2.42. The molecule has 4 rings (SSSR count). The molecule has 1 aliphatic rings. The van der Waals surface area contributed by atoms with Crippen molar-refractivity contribution in [3.63, 3.8) is 0 Å². The van der Waals surface area contributed by atoms with E-state index in [1.165, 1.54) is 24.8 Å². The molecule has 1 aliphatic heterocycles. The molecule has 0 radical (unpaired) electrons. The highest BCUT2D eigenvalue weighted by atomic mass is 15.3. The first-order valence-corrected chi connectivity index (χ1v) is 9.14. The van der Waals surface area contributed by atoms with Gasteiger partial charge in [0.15, 0.2) is 0 Å². The molecule has 0 aliphatic carbocycles. The number of fused-ring (bicyclic) bond motifs is 1. The number of hydrogen-bond donors (Lipinski definition) is 0. The lowest BCUT2D eigenvalue weighted by Gasteiger charge is -2.35. The first-order chi connectivity index (χ1) is 12.2. The van der Waals surface area contributed by atoms with Gasteiger partial charge in [0.1, 0.15) is 5.82 Å². The molecule has 0 N–H and O–H groups in total. The van der Waals surface area contributed by atoms with Crippen molar-refractivity contribution in [3.8, 4) is 0 Å². The Hall–Kier alpha value is -2.27. The van der Waals surface area contributed by atoms with Crippen LogP contribution in [0.3, 0.4) is 0 Å². The number of hydrogen-bond acceptors (Lipinski definition) is 4. The minimum Gasteiger partial charge on any atom is -0.291 e. The number of para-hydroxylation sites is 1. The van der Waals surface area contributed by atoms with Crippen LogP contribution in [0.1, 0.15) is 36.3 Å². The van der Waals surface area contributed by atoms with Crippen LogP contribution in [0.2, 0.25) is 0 Å². The third kappa shape index (κ3) is 3.56. The molecule has 0 amide bonds. The van der Waals surface area contributed by atoms with Gasteiger partial charge in [0, 0.05) is 23.3 Å². The second-order valence-corrected chi connectivity index (χ2v) is 7.10. The molecular weight excluding hydrogens is 310 g/mol. The third-order valence-corrected chi connectivity index (χ3v) is 5.09. The highest BCUT2D eigenvalue weighted by Crippen LogP contribution is 2.22. The molecular formula is C20H25N5. The molecule has 2 aromatic heterocycles. The number of benzene rings is 1. The molecule has 1 fully saturated rings. The fourth-order valence-corrected chi connectivity index (χ4v) is 3.80. The standard InChI is InChI=1S/C20H25N5/c1-15-11-21-25(12-15)13-17-7-5-6-10-24(17)14-20-22-16(2)18-8-3-4-9-19(18)23-20/h3-4,8-9,11-12,17H,5-7,10,13-14H2,1-2H3/t17-/m0/s1. The molecule has 1 atom stereocenters. The highest BCUT2D eigenvalue weighted by molar-refractivity contribution is 5.80. The van der Waals surface area contributed by atoms with Crippen LogP contribution in [0.5, 0.6) is 0 Å². The fraction of sp³-hybridized carbons (Fsp3) is 0.450. The third-order valence-electron chi connectivity index (χ3n) is 5.09. The summed E-state index contributed by atoms with van der Waals surface area (Å²) >= 11 is 0. The summed E-state index contributed by atoms with van der Waals surface area (Å²) in [5.74, 6) is 0.930. The summed E-state index contributed by atoms with van der Waals surface area (Å²) in [5.41, 5.74) is 3.33. The van der Waals surface area contributed by atoms with Crippen molar-refractivity contribution in [1.29, 1.82) is 0 Å². The molecule has 1 aromatic carbocycles. The van der Waals surface area contributed by atoms with Crippen LogP contribution in [0.15, 0.2) is 36.7 Å². The largest absolute Gasteiger partial charge is 0.291 e. The number of aryl methyl sites for hydroxylation is 2. The second kappa shape index (κ2) is 6.92. The smallest absolute Gasteiger partial charge is 0.143 e. The van der Waals surface area contributed by atoms with Crippen molar-refractivity contribution < 1.29 is 0 Å². The van der Waals surface area contributed by atoms with Crippen LogP contribution in [0, 0.1) is 13.8 Å². The Kier molecular flexibility index (Phi) is 4.49. The van der Waals surface area contributed by atoms with Crippen LogP contribution >= 0.6 is 0 Å². The summed E-state index contributed by atoms with van der Waals surface area (Å²) in [6.45, 7) is 7.04. The summed E-state index contributed by atoms with van der Waals surface area (Å²) in [6, 6.07) is 8.77. The maximum absolute atomic E-state index is 4.80. The molecule has 1 saturated heterocycles. The predicted octanol–water partition coefficient (Wildman–Crippen LogP) is 3.50. The van der Waals surface area contributed by atoms with E-state index in [0.29, 0.717) is 6.04 Å². The Morgan fingerprint density at radius 1 is 1.12 bits per heavy atom.